The molecule has 0 radical (unpaired) electrons. The first-order valence-electron chi connectivity index (χ1n) is 5.82. The Bertz CT molecular complexity index is 503. The summed E-state index contributed by atoms with van der Waals surface area (Å²) >= 11 is 3.22. The van der Waals surface area contributed by atoms with E-state index in [1.807, 2.05) is 60.7 Å². The molecule has 0 fully saturated rings. The second-order valence-electron chi connectivity index (χ2n) is 4.03. The summed E-state index contributed by atoms with van der Waals surface area (Å²) in [7, 11) is 0. The van der Waals surface area contributed by atoms with Gasteiger partial charge in [-0.25, -0.2) is 0 Å². The van der Waals surface area contributed by atoms with Gasteiger partial charge in [0, 0.05) is 0 Å². The van der Waals surface area contributed by atoms with E-state index in [4.69, 9.17) is 10.5 Å². The Kier molecular flexibility index (Phi) is 4.35. The van der Waals surface area contributed by atoms with Gasteiger partial charge in [0.2, 0.25) is 0 Å². The van der Waals surface area contributed by atoms with Gasteiger partial charge in [0.15, 0.2) is 5.60 Å². The van der Waals surface area contributed by atoms with Crippen molar-refractivity contribution < 1.29 is 9.53 Å². The SMILES string of the molecule is NC(=O)C(OCBr)(c1ccccc1)c1ccccc1. The molecule has 0 spiro atoms. The standard InChI is InChI=1S/C15H14BrNO2/c16-11-19-15(14(17)18,12-7-3-1-4-8-12)13-9-5-2-6-10-13/h1-10H,11H2,(H2,17,18). The van der Waals surface area contributed by atoms with Gasteiger partial charge >= 0.3 is 0 Å². The number of alkyl halides is 1. The van der Waals surface area contributed by atoms with Crippen LogP contribution in [0.2, 0.25) is 0 Å². The van der Waals surface area contributed by atoms with Crippen LogP contribution >= 0.6 is 15.9 Å². The van der Waals surface area contributed by atoms with Crippen LogP contribution in [0.25, 0.3) is 0 Å². The zero-order chi connectivity index (χ0) is 13.7. The Morgan fingerprint density at radius 3 is 1.74 bits per heavy atom. The van der Waals surface area contributed by atoms with Crippen LogP contribution in [0.1, 0.15) is 11.1 Å². The molecule has 3 nitrogen and oxygen atoms in total. The van der Waals surface area contributed by atoms with Crippen molar-refractivity contribution >= 4 is 21.8 Å². The van der Waals surface area contributed by atoms with Crippen LogP contribution in [0.5, 0.6) is 0 Å². The minimum Gasteiger partial charge on any atom is -0.367 e. The number of carbonyl (C=O) groups excluding carboxylic acids is 1. The predicted octanol–water partition coefficient (Wildman–Crippen LogP) is 2.78. The number of benzene rings is 2. The number of ether oxygens (including phenoxy) is 1. The monoisotopic (exact) mass is 319 g/mol. The highest BCUT2D eigenvalue weighted by Crippen LogP contribution is 2.33. The molecule has 2 aromatic carbocycles. The van der Waals surface area contributed by atoms with Crippen LogP contribution in [0.4, 0.5) is 0 Å². The van der Waals surface area contributed by atoms with Gasteiger partial charge < -0.3 is 10.5 Å². The maximum Gasteiger partial charge on any atom is 0.259 e. The lowest BCUT2D eigenvalue weighted by Crippen LogP contribution is -2.44. The number of hydrogen-bond donors (Lipinski definition) is 1. The summed E-state index contributed by atoms with van der Waals surface area (Å²) in [6.07, 6.45) is 0. The van der Waals surface area contributed by atoms with Crippen molar-refractivity contribution in [2.45, 2.75) is 5.60 Å². The second-order valence-corrected chi connectivity index (χ2v) is 4.49. The van der Waals surface area contributed by atoms with Crippen molar-refractivity contribution in [1.29, 1.82) is 0 Å². The van der Waals surface area contributed by atoms with Crippen molar-refractivity contribution in [3.8, 4) is 0 Å². The number of rotatable bonds is 5. The normalized spacial score (nSPS) is 11.2. The summed E-state index contributed by atoms with van der Waals surface area (Å²) in [5.41, 5.74) is 6.01. The lowest BCUT2D eigenvalue weighted by Gasteiger charge is -2.31. The van der Waals surface area contributed by atoms with E-state index >= 15 is 0 Å². The number of primary amides is 1. The maximum atomic E-state index is 12.1. The third kappa shape index (κ3) is 2.55. The molecule has 2 aromatic rings. The Morgan fingerprint density at radius 1 is 1.00 bits per heavy atom. The van der Waals surface area contributed by atoms with E-state index in [1.54, 1.807) is 0 Å². The molecule has 0 bridgehead atoms. The van der Waals surface area contributed by atoms with Gasteiger partial charge in [-0.1, -0.05) is 76.6 Å². The minimum absolute atomic E-state index is 0.208. The molecule has 2 rings (SSSR count). The van der Waals surface area contributed by atoms with E-state index in [9.17, 15) is 4.79 Å². The van der Waals surface area contributed by atoms with Crippen molar-refractivity contribution in [2.75, 3.05) is 5.52 Å². The molecule has 0 heterocycles. The molecule has 0 atom stereocenters. The zero-order valence-corrected chi connectivity index (χ0v) is 11.8. The van der Waals surface area contributed by atoms with E-state index in [-0.39, 0.29) is 5.52 Å². The minimum atomic E-state index is -1.27. The molecule has 0 saturated heterocycles. The Labute approximate surface area is 120 Å². The number of amides is 1. The van der Waals surface area contributed by atoms with Crippen molar-refractivity contribution in [2.24, 2.45) is 5.73 Å². The van der Waals surface area contributed by atoms with Crippen molar-refractivity contribution in [1.82, 2.24) is 0 Å². The summed E-state index contributed by atoms with van der Waals surface area (Å²) < 4.78 is 5.71. The zero-order valence-electron chi connectivity index (χ0n) is 10.3. The molecule has 19 heavy (non-hydrogen) atoms. The molecule has 0 aliphatic heterocycles. The van der Waals surface area contributed by atoms with E-state index in [1.165, 1.54) is 0 Å². The van der Waals surface area contributed by atoms with Gasteiger partial charge in [0.25, 0.3) is 5.91 Å². The van der Waals surface area contributed by atoms with Crippen molar-refractivity contribution in [3.05, 3.63) is 71.8 Å². The molecule has 0 saturated carbocycles. The average Bonchev–Trinajstić information content (AvgIpc) is 2.46. The van der Waals surface area contributed by atoms with Crippen LogP contribution in [-0.4, -0.2) is 11.4 Å². The third-order valence-electron chi connectivity index (χ3n) is 2.98. The Hall–Kier alpha value is -1.65. The first-order valence-corrected chi connectivity index (χ1v) is 6.95. The highest BCUT2D eigenvalue weighted by Gasteiger charge is 2.41. The number of carbonyl (C=O) groups is 1. The van der Waals surface area contributed by atoms with E-state index in [2.05, 4.69) is 15.9 Å². The van der Waals surface area contributed by atoms with Crippen LogP contribution in [0.15, 0.2) is 60.7 Å². The summed E-state index contributed by atoms with van der Waals surface area (Å²) in [6.45, 7) is 0. The summed E-state index contributed by atoms with van der Waals surface area (Å²) in [4.78, 5) is 12.1. The lowest BCUT2D eigenvalue weighted by molar-refractivity contribution is -0.136. The number of hydrogen-bond acceptors (Lipinski definition) is 2. The fourth-order valence-electron chi connectivity index (χ4n) is 2.12. The van der Waals surface area contributed by atoms with Gasteiger partial charge in [-0.15, -0.1) is 0 Å². The average molecular weight is 320 g/mol. The van der Waals surface area contributed by atoms with Gasteiger partial charge in [0.1, 0.15) is 5.52 Å². The molecule has 0 aliphatic carbocycles. The van der Waals surface area contributed by atoms with Gasteiger partial charge in [-0.2, -0.15) is 0 Å². The molecule has 0 unspecified atom stereocenters. The molecule has 0 aromatic heterocycles. The predicted molar refractivity (Wildman–Crippen MR) is 77.7 cm³/mol. The molecule has 0 aliphatic rings. The molecular formula is C15H14BrNO2. The molecular weight excluding hydrogens is 306 g/mol. The summed E-state index contributed by atoms with van der Waals surface area (Å²) in [5, 5.41) is 0. The molecule has 1 amide bonds. The fraction of sp³-hybridized carbons (Fsp3) is 0.133. The lowest BCUT2D eigenvalue weighted by atomic mass is 9.85. The highest BCUT2D eigenvalue weighted by atomic mass is 79.9. The Morgan fingerprint density at radius 2 is 1.42 bits per heavy atom. The van der Waals surface area contributed by atoms with Crippen LogP contribution < -0.4 is 5.73 Å². The smallest absolute Gasteiger partial charge is 0.259 e. The number of nitrogens with two attached hydrogens (primary N) is 1. The van der Waals surface area contributed by atoms with Gasteiger partial charge in [-0.05, 0) is 11.1 Å². The molecule has 4 heteroatoms. The fourth-order valence-corrected chi connectivity index (χ4v) is 2.46. The van der Waals surface area contributed by atoms with Crippen molar-refractivity contribution in [3.63, 3.8) is 0 Å². The largest absolute Gasteiger partial charge is 0.367 e. The summed E-state index contributed by atoms with van der Waals surface area (Å²) in [6, 6.07) is 18.5. The highest BCUT2D eigenvalue weighted by molar-refractivity contribution is 9.09. The Balaban J connectivity index is 2.65. The van der Waals surface area contributed by atoms with Crippen LogP contribution in [0.3, 0.4) is 0 Å². The van der Waals surface area contributed by atoms with E-state index in [0.29, 0.717) is 11.1 Å². The quantitative estimate of drug-likeness (QED) is 0.861. The van der Waals surface area contributed by atoms with Crippen LogP contribution in [0, 0.1) is 0 Å². The third-order valence-corrected chi connectivity index (χ3v) is 3.21. The van der Waals surface area contributed by atoms with Gasteiger partial charge in [-0.3, -0.25) is 4.79 Å². The first kappa shape index (κ1) is 13.8. The topological polar surface area (TPSA) is 52.3 Å². The maximum absolute atomic E-state index is 12.1. The second kappa shape index (κ2) is 5.99. The number of halogens is 1. The summed E-state index contributed by atoms with van der Waals surface area (Å²) in [5.74, 6) is -0.538. The van der Waals surface area contributed by atoms with E-state index < -0.39 is 11.5 Å². The van der Waals surface area contributed by atoms with Crippen LogP contribution in [-0.2, 0) is 15.1 Å². The van der Waals surface area contributed by atoms with Gasteiger partial charge in [0.05, 0.1) is 0 Å². The van der Waals surface area contributed by atoms with E-state index in [0.717, 1.165) is 0 Å². The first-order chi connectivity index (χ1) is 9.21. The molecule has 2 N–H and O–H groups in total. The molecule has 98 valence electrons.